The summed E-state index contributed by atoms with van der Waals surface area (Å²) in [7, 11) is 0. The van der Waals surface area contributed by atoms with E-state index in [1.165, 1.54) is 22.4 Å². The lowest BCUT2D eigenvalue weighted by Crippen LogP contribution is -2.30. The van der Waals surface area contributed by atoms with Gasteiger partial charge in [-0.2, -0.15) is 12.6 Å². The summed E-state index contributed by atoms with van der Waals surface area (Å²) in [4.78, 5) is 2.37. The van der Waals surface area contributed by atoms with E-state index in [1.54, 1.807) is 0 Å². The van der Waals surface area contributed by atoms with E-state index in [0.29, 0.717) is 0 Å². The highest BCUT2D eigenvalue weighted by atomic mass is 32.1. The molecule has 0 bridgehead atoms. The Kier molecular flexibility index (Phi) is 7.11. The van der Waals surface area contributed by atoms with Crippen LogP contribution in [0.25, 0.3) is 12.2 Å². The van der Waals surface area contributed by atoms with E-state index in [-0.39, 0.29) is 0 Å². The number of hydrogen-bond donors (Lipinski definition) is 1. The van der Waals surface area contributed by atoms with E-state index >= 15 is 0 Å². The first-order valence-electron chi connectivity index (χ1n) is 9.45. The van der Waals surface area contributed by atoms with Crippen molar-refractivity contribution in [3.63, 3.8) is 0 Å². The van der Waals surface area contributed by atoms with Crippen LogP contribution in [0, 0.1) is 0 Å². The predicted molar refractivity (Wildman–Crippen MR) is 119 cm³/mol. The summed E-state index contributed by atoms with van der Waals surface area (Å²) in [6.45, 7) is 4.97. The molecule has 3 heteroatoms. The summed E-state index contributed by atoms with van der Waals surface area (Å²) >= 11 is 4.43. The lowest BCUT2D eigenvalue weighted by molar-refractivity contribution is -0.693. The molecule has 27 heavy (non-hydrogen) atoms. The van der Waals surface area contributed by atoms with Gasteiger partial charge in [-0.1, -0.05) is 54.6 Å². The highest BCUT2D eigenvalue weighted by Gasteiger charge is 2.06. The maximum atomic E-state index is 4.43. The molecule has 2 nitrogen and oxygen atoms in total. The number of hydrogen-bond acceptors (Lipinski definition) is 2. The Hall–Kier alpha value is -2.52. The summed E-state index contributed by atoms with van der Waals surface area (Å²) in [6.07, 6.45) is 8.55. The van der Waals surface area contributed by atoms with E-state index in [1.807, 2.05) is 0 Å². The van der Waals surface area contributed by atoms with Crippen LogP contribution in [0.5, 0.6) is 0 Å². The van der Waals surface area contributed by atoms with Gasteiger partial charge in [0, 0.05) is 36.7 Å². The average molecular weight is 376 g/mol. The summed E-state index contributed by atoms with van der Waals surface area (Å²) < 4.78 is 2.16. The van der Waals surface area contributed by atoms with Gasteiger partial charge in [0.25, 0.3) is 0 Å². The van der Waals surface area contributed by atoms with E-state index < -0.39 is 0 Å². The zero-order valence-corrected chi connectivity index (χ0v) is 16.7. The first kappa shape index (κ1) is 19.2. The molecule has 0 unspecified atom stereocenters. The van der Waals surface area contributed by atoms with Crippen LogP contribution in [0.15, 0.2) is 79.1 Å². The van der Waals surface area contributed by atoms with Crippen LogP contribution in [0.3, 0.4) is 0 Å². The minimum atomic E-state index is 0.834. The first-order chi connectivity index (χ1) is 13.3. The molecule has 0 saturated heterocycles. The number of nitrogens with zero attached hydrogens (tertiary/aromatic N) is 2. The maximum Gasteiger partial charge on any atom is 0.169 e. The van der Waals surface area contributed by atoms with Gasteiger partial charge in [-0.15, -0.1) is 0 Å². The van der Waals surface area contributed by atoms with E-state index in [2.05, 4.69) is 120 Å². The summed E-state index contributed by atoms with van der Waals surface area (Å²) in [5.74, 6) is 0.834. The monoisotopic (exact) mass is 375 g/mol. The zero-order chi connectivity index (χ0) is 18.9. The third-order valence-corrected chi connectivity index (χ3v) is 4.79. The molecule has 0 N–H and O–H groups in total. The molecule has 0 saturated carbocycles. The van der Waals surface area contributed by atoms with Gasteiger partial charge in [0.05, 0.1) is 0 Å². The van der Waals surface area contributed by atoms with Crippen LogP contribution in [0.2, 0.25) is 0 Å². The smallest absolute Gasteiger partial charge is 0.169 e. The van der Waals surface area contributed by atoms with Crippen molar-refractivity contribution < 1.29 is 4.57 Å². The van der Waals surface area contributed by atoms with Crippen LogP contribution in [-0.2, 0) is 13.1 Å². The van der Waals surface area contributed by atoms with Crippen molar-refractivity contribution in [2.24, 2.45) is 0 Å². The molecule has 0 radical (unpaired) electrons. The lowest BCUT2D eigenvalue weighted by Gasteiger charge is -2.24. The molecule has 0 spiro atoms. The number of pyridine rings is 1. The molecule has 1 heterocycles. The van der Waals surface area contributed by atoms with Crippen LogP contribution in [-0.4, -0.2) is 12.3 Å². The van der Waals surface area contributed by atoms with Crippen LogP contribution in [0.1, 0.15) is 23.6 Å². The minimum absolute atomic E-state index is 0.834. The normalized spacial score (nSPS) is 11.0. The highest BCUT2D eigenvalue weighted by Crippen LogP contribution is 2.19. The van der Waals surface area contributed by atoms with Crippen molar-refractivity contribution in [1.82, 2.24) is 0 Å². The largest absolute Gasteiger partial charge is 0.366 e. The minimum Gasteiger partial charge on any atom is -0.366 e. The second-order valence-corrected chi connectivity index (χ2v) is 6.96. The Labute approximate surface area is 168 Å². The molecule has 3 rings (SSSR count). The van der Waals surface area contributed by atoms with Crippen LogP contribution >= 0.6 is 12.6 Å². The van der Waals surface area contributed by atoms with Crippen molar-refractivity contribution in [3.05, 3.63) is 95.8 Å². The quantitative estimate of drug-likeness (QED) is 0.425. The third kappa shape index (κ3) is 5.73. The van der Waals surface area contributed by atoms with Crippen molar-refractivity contribution in [2.75, 3.05) is 17.2 Å². The lowest BCUT2D eigenvalue weighted by atomic mass is 10.1. The van der Waals surface area contributed by atoms with Crippen molar-refractivity contribution in [2.45, 2.75) is 20.0 Å². The molecule has 0 aliphatic carbocycles. The first-order valence-corrected chi connectivity index (χ1v) is 10.1. The number of rotatable bonds is 8. The Morgan fingerprint density at radius 2 is 1.48 bits per heavy atom. The molecular formula is C24H27N2S+. The molecule has 0 aliphatic heterocycles. The van der Waals surface area contributed by atoms with Crippen molar-refractivity contribution in [3.8, 4) is 0 Å². The van der Waals surface area contributed by atoms with Crippen LogP contribution < -0.4 is 9.47 Å². The molecule has 2 aromatic carbocycles. The average Bonchev–Trinajstić information content (AvgIpc) is 2.73. The second kappa shape index (κ2) is 9.98. The second-order valence-electron chi connectivity index (χ2n) is 6.52. The zero-order valence-electron chi connectivity index (χ0n) is 15.8. The van der Waals surface area contributed by atoms with Gasteiger partial charge < -0.3 is 4.90 Å². The summed E-state index contributed by atoms with van der Waals surface area (Å²) in [6, 6.07) is 23.6. The molecule has 3 aromatic rings. The van der Waals surface area contributed by atoms with Crippen molar-refractivity contribution >= 4 is 30.5 Å². The highest BCUT2D eigenvalue weighted by molar-refractivity contribution is 7.80. The number of aryl methyl sites for hydroxylation is 1. The predicted octanol–water partition coefficient (Wildman–Crippen LogP) is 5.10. The third-order valence-electron chi connectivity index (χ3n) is 4.59. The fraction of sp³-hybridized carbons (Fsp3) is 0.208. The molecule has 0 fully saturated rings. The number of benzene rings is 2. The Balaban J connectivity index is 1.69. The van der Waals surface area contributed by atoms with E-state index in [9.17, 15) is 0 Å². The Morgan fingerprint density at radius 3 is 2.07 bits per heavy atom. The van der Waals surface area contributed by atoms with E-state index in [0.717, 1.165) is 25.4 Å². The van der Waals surface area contributed by atoms with Gasteiger partial charge >= 0.3 is 0 Å². The molecular weight excluding hydrogens is 348 g/mol. The molecule has 0 aliphatic rings. The van der Waals surface area contributed by atoms with Crippen LogP contribution in [0.4, 0.5) is 5.69 Å². The fourth-order valence-corrected chi connectivity index (χ4v) is 3.24. The maximum absolute atomic E-state index is 4.43. The van der Waals surface area contributed by atoms with Gasteiger partial charge in [-0.3, -0.25) is 0 Å². The van der Waals surface area contributed by atoms with Gasteiger partial charge in [0.1, 0.15) is 6.54 Å². The number of anilines is 1. The van der Waals surface area contributed by atoms with Gasteiger partial charge in [-0.25, -0.2) is 4.57 Å². The van der Waals surface area contributed by atoms with Gasteiger partial charge in [-0.05, 0) is 35.7 Å². The summed E-state index contributed by atoms with van der Waals surface area (Å²) in [5, 5.41) is 0. The number of thiol groups is 1. The van der Waals surface area contributed by atoms with Crippen molar-refractivity contribution in [1.29, 1.82) is 0 Å². The standard InChI is InChI=1S/C24H26N2S/c1-2-25-16-14-22(15-17-25)9-8-21-10-12-24(13-11-21)26(18-19-27)20-23-6-4-3-5-7-23/h3-17H,2,18-20H2,1H3/p+1. The SMILES string of the molecule is CC[n+]1ccc(/C=C/c2ccc(N(CCS)Cc3ccccc3)cc2)cc1. The van der Waals surface area contributed by atoms with Gasteiger partial charge in [0.15, 0.2) is 12.4 Å². The fourth-order valence-electron chi connectivity index (χ4n) is 3.00. The summed E-state index contributed by atoms with van der Waals surface area (Å²) in [5.41, 5.74) is 4.96. The van der Waals surface area contributed by atoms with Gasteiger partial charge in [0.2, 0.25) is 0 Å². The molecule has 138 valence electrons. The molecule has 1 aromatic heterocycles. The number of aromatic nitrogens is 1. The van der Waals surface area contributed by atoms with E-state index in [4.69, 9.17) is 0 Å². The molecule has 0 amide bonds. The Morgan fingerprint density at radius 1 is 0.852 bits per heavy atom. The topological polar surface area (TPSA) is 7.12 Å². The Bertz CT molecular complexity index is 840. The molecule has 0 atom stereocenters.